The molecule has 1 fully saturated rings. The van der Waals surface area contributed by atoms with Crippen LogP contribution in [0, 0.1) is 11.8 Å². The third kappa shape index (κ3) is 22.4. The van der Waals surface area contributed by atoms with Crippen molar-refractivity contribution in [1.82, 2.24) is 46.8 Å². The molecule has 0 bridgehead atoms. The molecule has 1 saturated heterocycles. The van der Waals surface area contributed by atoms with Crippen molar-refractivity contribution in [1.29, 1.82) is 0 Å². The van der Waals surface area contributed by atoms with E-state index in [1.807, 2.05) is 0 Å². The first-order valence-corrected chi connectivity index (χ1v) is 26.0. The van der Waals surface area contributed by atoms with E-state index in [2.05, 4.69) is 46.9 Å². The molecule has 1 aliphatic heterocycles. The lowest BCUT2D eigenvalue weighted by molar-refractivity contribution is -0.192. The topological polar surface area (TPSA) is 446 Å². The Hall–Kier alpha value is -8.83. The number of phenolic OH excluding ortho intramolecular Hbond substituents is 1. The molecule has 7 amide bonds. The van der Waals surface area contributed by atoms with Crippen molar-refractivity contribution in [2.45, 2.75) is 140 Å². The van der Waals surface area contributed by atoms with Crippen LogP contribution in [-0.2, 0) is 67.2 Å². The number of hydrogen-bond acceptors (Lipinski definition) is 14. The van der Waals surface area contributed by atoms with E-state index in [0.717, 1.165) is 0 Å². The van der Waals surface area contributed by atoms with Gasteiger partial charge < -0.3 is 79.4 Å². The third-order valence-corrected chi connectivity index (χ3v) is 12.9. The number of carbonyl (C=O) groups is 10. The summed E-state index contributed by atoms with van der Waals surface area (Å²) >= 11 is 0. The Balaban J connectivity index is 0.00000236. The van der Waals surface area contributed by atoms with Gasteiger partial charge in [-0.3, -0.25) is 43.3 Å². The number of nitrogens with two attached hydrogens (primary N) is 3. The number of nitrogens with zero attached hydrogens (tertiary/aromatic N) is 3. The molecule has 82 heavy (non-hydrogen) atoms. The summed E-state index contributed by atoms with van der Waals surface area (Å²) in [6, 6.07) is 3.95. The van der Waals surface area contributed by atoms with Gasteiger partial charge in [-0.25, -0.2) is 14.6 Å². The van der Waals surface area contributed by atoms with E-state index in [-0.39, 0.29) is 63.3 Å². The van der Waals surface area contributed by atoms with Gasteiger partial charge in [-0.1, -0.05) is 76.6 Å². The lowest BCUT2D eigenvalue weighted by atomic mass is 9.96. The van der Waals surface area contributed by atoms with Gasteiger partial charge in [-0.15, -0.1) is 0 Å². The van der Waals surface area contributed by atoms with Gasteiger partial charge >= 0.3 is 24.1 Å². The standard InChI is InChI=1S/C50H71N13O12.C2HF3O2/c1-5-28(4)41(47(72)59-36(23-31-25-54-26-56-31)48(73)63-20-10-14-38(63)45(70)60-37(49(74)75)22-29-11-7-6-8-12-29)62-44(69)35(21-30-15-17-32(64)18-16-30)58-46(71)40(27(2)3)61-43(68)34(13-9-19-55-50(52)53)57-42(67)33(51)24-39(65)66;3-2(4,5)1(6)7/h6-8,11-12,15-18,25-28,33-38,40-41,64H,5,9-10,13-14,19-24,51H2,1-4H3,(H,54,56)(H,57,67)(H,58,71)(H,59,72)(H,60,70)(H,61,68)(H,62,69)(H,65,66)(H,74,75)(H4,52,53,55);(H,6,7)/t28-,33-,34-,35-,36-,37-,38-,40-,41-;/m0./s1. The molecule has 0 unspecified atom stereocenters. The zero-order valence-corrected chi connectivity index (χ0v) is 45.5. The van der Waals surface area contributed by atoms with Crippen LogP contribution in [0.2, 0.25) is 0 Å². The molecule has 9 atom stereocenters. The second-order valence-corrected chi connectivity index (χ2v) is 19.7. The number of phenols is 1. The van der Waals surface area contributed by atoms with Crippen LogP contribution in [0.4, 0.5) is 13.2 Å². The largest absolute Gasteiger partial charge is 0.508 e. The molecular weight excluding hydrogens is 1090 g/mol. The number of halogens is 3. The van der Waals surface area contributed by atoms with E-state index in [0.29, 0.717) is 29.7 Å². The van der Waals surface area contributed by atoms with E-state index < -0.39 is 132 Å². The van der Waals surface area contributed by atoms with Crippen LogP contribution >= 0.6 is 0 Å². The summed E-state index contributed by atoms with van der Waals surface area (Å²) in [6.45, 7) is 6.90. The Labute approximate surface area is 469 Å². The molecule has 0 radical (unpaired) electrons. The molecule has 0 spiro atoms. The number of likely N-dealkylation sites (tertiary alicyclic amines) is 1. The fourth-order valence-corrected chi connectivity index (χ4v) is 8.31. The van der Waals surface area contributed by atoms with Gasteiger partial charge in [0, 0.05) is 44.2 Å². The van der Waals surface area contributed by atoms with Gasteiger partial charge in [0.25, 0.3) is 0 Å². The number of H-pyrrole nitrogens is 1. The first-order chi connectivity index (χ1) is 38.5. The molecule has 27 nitrogen and oxygen atoms in total. The number of nitrogens with one attached hydrogen (secondary N) is 7. The van der Waals surface area contributed by atoms with Crippen LogP contribution in [-0.4, -0.2) is 168 Å². The van der Waals surface area contributed by atoms with Crippen LogP contribution in [0.1, 0.15) is 83.0 Å². The number of aromatic amines is 1. The maximum Gasteiger partial charge on any atom is 0.490 e. The van der Waals surface area contributed by atoms with Gasteiger partial charge in [0.15, 0.2) is 5.96 Å². The van der Waals surface area contributed by atoms with Crippen molar-refractivity contribution < 1.29 is 81.5 Å². The summed E-state index contributed by atoms with van der Waals surface area (Å²) < 4.78 is 31.7. The van der Waals surface area contributed by atoms with Gasteiger partial charge in [0.05, 0.1) is 18.8 Å². The fraction of sp³-hybridized carbons (Fsp3) is 0.500. The minimum Gasteiger partial charge on any atom is -0.508 e. The molecular formula is C52H72F3N13O14. The lowest BCUT2D eigenvalue weighted by Crippen LogP contribution is -2.62. The number of amides is 7. The minimum atomic E-state index is -5.08. The number of carboxylic acids is 3. The highest BCUT2D eigenvalue weighted by atomic mass is 19.4. The Morgan fingerprint density at radius 2 is 1.30 bits per heavy atom. The smallest absolute Gasteiger partial charge is 0.490 e. The molecule has 1 aliphatic rings. The van der Waals surface area contributed by atoms with Crippen molar-refractivity contribution in [2.24, 2.45) is 34.0 Å². The van der Waals surface area contributed by atoms with E-state index in [1.54, 1.807) is 58.0 Å². The van der Waals surface area contributed by atoms with Crippen molar-refractivity contribution in [3.8, 4) is 5.75 Å². The van der Waals surface area contributed by atoms with Gasteiger partial charge in [0.1, 0.15) is 48.0 Å². The second-order valence-electron chi connectivity index (χ2n) is 19.7. The van der Waals surface area contributed by atoms with Crippen LogP contribution in [0.25, 0.3) is 0 Å². The van der Waals surface area contributed by atoms with Crippen molar-refractivity contribution in [3.63, 3.8) is 0 Å². The number of alkyl halides is 3. The number of guanidine groups is 1. The zero-order chi connectivity index (χ0) is 61.4. The predicted octanol–water partition coefficient (Wildman–Crippen LogP) is -0.681. The number of rotatable bonds is 29. The molecule has 30 heteroatoms. The SMILES string of the molecule is CC[C@H](C)[C@H](NC(=O)[C@H](Cc1ccc(O)cc1)NC(=O)[C@@H](NC(=O)[C@H](CCCN=C(N)N)NC(=O)[C@@H](N)CC(=O)O)C(C)C)C(=O)N[C@@H](Cc1cnc[nH]1)C(=O)N1CCC[C@H]1C(=O)N[C@@H](Cc1ccccc1)C(=O)O.O=C(O)C(F)(F)F. The highest BCUT2D eigenvalue weighted by molar-refractivity contribution is 5.98. The molecule has 3 aromatic rings. The summed E-state index contributed by atoms with van der Waals surface area (Å²) in [7, 11) is 0. The summed E-state index contributed by atoms with van der Waals surface area (Å²) in [5.74, 6) is -12.4. The van der Waals surface area contributed by atoms with Crippen LogP contribution in [0.15, 0.2) is 72.1 Å². The van der Waals surface area contributed by atoms with Crippen molar-refractivity contribution in [3.05, 3.63) is 83.9 Å². The third-order valence-electron chi connectivity index (χ3n) is 12.9. The second kappa shape index (κ2) is 32.4. The summed E-state index contributed by atoms with van der Waals surface area (Å²) in [6.07, 6.45) is -2.16. The van der Waals surface area contributed by atoms with Crippen molar-refractivity contribution >= 4 is 65.2 Å². The first-order valence-electron chi connectivity index (χ1n) is 26.0. The molecule has 0 aliphatic carbocycles. The number of aliphatic imine (C=N–C) groups is 1. The monoisotopic (exact) mass is 1160 g/mol. The summed E-state index contributed by atoms with van der Waals surface area (Å²) in [5, 5.41) is 52.2. The molecule has 0 saturated carbocycles. The van der Waals surface area contributed by atoms with Gasteiger partial charge in [-0.05, 0) is 60.8 Å². The van der Waals surface area contributed by atoms with Crippen LogP contribution in [0.3, 0.4) is 0 Å². The number of carbonyl (C=O) groups excluding carboxylic acids is 7. The Kier molecular flexibility index (Phi) is 26.7. The van der Waals surface area contributed by atoms with E-state index in [9.17, 15) is 71.6 Å². The first kappa shape index (κ1) is 67.4. The quantitative estimate of drug-likeness (QED) is 0.0233. The van der Waals surface area contributed by atoms with Crippen LogP contribution in [0.5, 0.6) is 5.75 Å². The molecule has 2 heterocycles. The average Bonchev–Trinajstić information content (AvgIpc) is 4.27. The molecule has 2 aromatic carbocycles. The lowest BCUT2D eigenvalue weighted by Gasteiger charge is -2.32. The number of carboxylic acid groups (broad SMARTS) is 3. The molecule has 17 N–H and O–H groups in total. The molecule has 1 aromatic heterocycles. The maximum absolute atomic E-state index is 14.6. The maximum atomic E-state index is 14.6. The van der Waals surface area contributed by atoms with Crippen LogP contribution < -0.4 is 49.1 Å². The van der Waals surface area contributed by atoms with Gasteiger partial charge in [0.2, 0.25) is 41.4 Å². The average molecular weight is 1160 g/mol. The number of aromatic nitrogens is 2. The Bertz CT molecular complexity index is 2680. The zero-order valence-electron chi connectivity index (χ0n) is 45.5. The normalized spacial score (nSPS) is 15.9. The van der Waals surface area contributed by atoms with E-state index >= 15 is 0 Å². The van der Waals surface area contributed by atoms with E-state index in [1.165, 1.54) is 41.7 Å². The molecule has 450 valence electrons. The Morgan fingerprint density at radius 3 is 1.85 bits per heavy atom. The summed E-state index contributed by atoms with van der Waals surface area (Å²) in [4.78, 5) is 143. The predicted molar refractivity (Wildman–Crippen MR) is 286 cm³/mol. The van der Waals surface area contributed by atoms with Crippen molar-refractivity contribution in [2.75, 3.05) is 13.1 Å². The Morgan fingerprint density at radius 1 is 0.744 bits per heavy atom. The minimum absolute atomic E-state index is 0.00211. The number of imidazole rings is 1. The number of aliphatic carboxylic acids is 3. The highest BCUT2D eigenvalue weighted by Gasteiger charge is 2.41. The van der Waals surface area contributed by atoms with Gasteiger partial charge in [-0.2, -0.15) is 13.2 Å². The number of aromatic hydroxyl groups is 1. The highest BCUT2D eigenvalue weighted by Crippen LogP contribution is 2.22. The van der Waals surface area contributed by atoms with E-state index in [4.69, 9.17) is 27.1 Å². The number of benzene rings is 2. The molecule has 4 rings (SSSR count). The number of hydrogen-bond donors (Lipinski definition) is 14. The fourth-order valence-electron chi connectivity index (χ4n) is 8.31. The summed E-state index contributed by atoms with van der Waals surface area (Å²) in [5.41, 5.74) is 18.2.